The summed E-state index contributed by atoms with van der Waals surface area (Å²) in [6.07, 6.45) is 5.21. The fourth-order valence-electron chi connectivity index (χ4n) is 2.71. The van der Waals surface area contributed by atoms with E-state index in [9.17, 15) is 4.79 Å². The van der Waals surface area contributed by atoms with Gasteiger partial charge in [0.15, 0.2) is 0 Å². The quantitative estimate of drug-likeness (QED) is 0.526. The average Bonchev–Trinajstić information content (AvgIpc) is 2.59. The molecule has 122 valence electrons. The van der Waals surface area contributed by atoms with Crippen molar-refractivity contribution in [1.29, 1.82) is 0 Å². The molecule has 0 saturated heterocycles. The van der Waals surface area contributed by atoms with Crippen LogP contribution in [0.3, 0.4) is 0 Å². The van der Waals surface area contributed by atoms with E-state index in [0.717, 1.165) is 40.6 Å². The lowest BCUT2D eigenvalue weighted by Crippen LogP contribution is -2.09. The minimum atomic E-state index is -0.290. The molecule has 4 heteroatoms. The lowest BCUT2D eigenvalue weighted by Gasteiger charge is -2.09. The molecule has 2 aromatic heterocycles. The Hall–Kier alpha value is -2.75. The number of ether oxygens (including phenoxy) is 1. The lowest BCUT2D eigenvalue weighted by molar-refractivity contribution is 0.0503. The Labute approximate surface area is 141 Å². The molecule has 24 heavy (non-hydrogen) atoms. The fourth-order valence-corrected chi connectivity index (χ4v) is 2.71. The van der Waals surface area contributed by atoms with Gasteiger partial charge in [-0.05, 0) is 56.5 Å². The molecule has 0 aliphatic heterocycles. The molecule has 0 saturated carbocycles. The van der Waals surface area contributed by atoms with E-state index in [0.29, 0.717) is 12.2 Å². The maximum atomic E-state index is 12.5. The predicted octanol–water partition coefficient (Wildman–Crippen LogP) is 4.04. The maximum absolute atomic E-state index is 12.5. The summed E-state index contributed by atoms with van der Waals surface area (Å²) in [5.74, 6) is -0.290. The van der Waals surface area contributed by atoms with E-state index in [2.05, 4.69) is 9.97 Å². The number of hydrogen-bond donors (Lipinski definition) is 0. The molecular formula is C20H20N2O2. The van der Waals surface area contributed by atoms with Gasteiger partial charge in [-0.25, -0.2) is 4.79 Å². The second-order valence-corrected chi connectivity index (χ2v) is 5.93. The molecule has 1 aromatic carbocycles. The third-order valence-corrected chi connectivity index (χ3v) is 3.88. The van der Waals surface area contributed by atoms with Gasteiger partial charge in [0.25, 0.3) is 0 Å². The van der Waals surface area contributed by atoms with Gasteiger partial charge in [0.05, 0.1) is 17.7 Å². The lowest BCUT2D eigenvalue weighted by atomic mass is 10.1. The first kappa shape index (κ1) is 16.1. The van der Waals surface area contributed by atoms with E-state index >= 15 is 0 Å². The van der Waals surface area contributed by atoms with Crippen LogP contribution in [0.5, 0.6) is 0 Å². The number of hydrogen-bond acceptors (Lipinski definition) is 4. The minimum absolute atomic E-state index is 0.290. The van der Waals surface area contributed by atoms with Gasteiger partial charge in [-0.3, -0.25) is 9.97 Å². The number of carbonyl (C=O) groups is 1. The van der Waals surface area contributed by atoms with Crippen molar-refractivity contribution in [2.24, 2.45) is 0 Å². The van der Waals surface area contributed by atoms with Crippen molar-refractivity contribution < 1.29 is 9.53 Å². The highest BCUT2D eigenvalue weighted by molar-refractivity contribution is 6.03. The topological polar surface area (TPSA) is 52.1 Å². The van der Waals surface area contributed by atoms with E-state index in [1.807, 2.05) is 50.4 Å². The van der Waals surface area contributed by atoms with Crippen molar-refractivity contribution in [2.45, 2.75) is 26.7 Å². The number of aryl methyl sites for hydroxylation is 3. The minimum Gasteiger partial charge on any atom is -0.462 e. The summed E-state index contributed by atoms with van der Waals surface area (Å²) in [4.78, 5) is 21.0. The first-order valence-corrected chi connectivity index (χ1v) is 8.07. The molecular weight excluding hydrogens is 300 g/mol. The summed E-state index contributed by atoms with van der Waals surface area (Å²) in [6.45, 7) is 4.28. The molecule has 4 nitrogen and oxygen atoms in total. The predicted molar refractivity (Wildman–Crippen MR) is 94.1 cm³/mol. The van der Waals surface area contributed by atoms with Gasteiger partial charge in [0.2, 0.25) is 0 Å². The summed E-state index contributed by atoms with van der Waals surface area (Å²) in [7, 11) is 0. The Kier molecular flexibility index (Phi) is 4.85. The third kappa shape index (κ3) is 3.77. The monoisotopic (exact) mass is 320 g/mol. The van der Waals surface area contributed by atoms with Crippen LogP contribution in [0.4, 0.5) is 0 Å². The maximum Gasteiger partial charge on any atom is 0.338 e. The summed E-state index contributed by atoms with van der Waals surface area (Å²) in [5.41, 5.74) is 4.47. The second-order valence-electron chi connectivity index (χ2n) is 5.93. The van der Waals surface area contributed by atoms with Crippen LogP contribution >= 0.6 is 0 Å². The summed E-state index contributed by atoms with van der Waals surface area (Å²) >= 11 is 0. The Balaban J connectivity index is 1.68. The van der Waals surface area contributed by atoms with Crippen LogP contribution in [-0.4, -0.2) is 22.5 Å². The first-order valence-electron chi connectivity index (χ1n) is 8.07. The van der Waals surface area contributed by atoms with Crippen molar-refractivity contribution in [3.8, 4) is 0 Å². The Bertz CT molecular complexity index is 860. The third-order valence-electron chi connectivity index (χ3n) is 3.88. The van der Waals surface area contributed by atoms with E-state index in [1.165, 1.54) is 0 Å². The molecule has 0 radical (unpaired) electrons. The van der Waals surface area contributed by atoms with Crippen molar-refractivity contribution in [3.05, 3.63) is 71.2 Å². The average molecular weight is 320 g/mol. The van der Waals surface area contributed by atoms with Crippen LogP contribution < -0.4 is 0 Å². The number of nitrogens with zero attached hydrogens (tertiary/aromatic N) is 2. The van der Waals surface area contributed by atoms with Gasteiger partial charge in [0, 0.05) is 23.5 Å². The summed E-state index contributed by atoms with van der Waals surface area (Å²) in [5, 5.41) is 0.845. The van der Waals surface area contributed by atoms with E-state index in [1.54, 1.807) is 12.3 Å². The number of fused-ring (bicyclic) bond motifs is 1. The fraction of sp³-hybridized carbons (Fsp3) is 0.250. The van der Waals surface area contributed by atoms with E-state index in [4.69, 9.17) is 4.74 Å². The first-order chi connectivity index (χ1) is 11.6. The Morgan fingerprint density at radius 3 is 2.83 bits per heavy atom. The molecule has 0 bridgehead atoms. The van der Waals surface area contributed by atoms with E-state index in [-0.39, 0.29) is 5.97 Å². The number of esters is 1. The zero-order valence-corrected chi connectivity index (χ0v) is 14.0. The van der Waals surface area contributed by atoms with E-state index < -0.39 is 0 Å². The number of pyridine rings is 2. The number of rotatable bonds is 5. The van der Waals surface area contributed by atoms with Gasteiger partial charge in [-0.1, -0.05) is 17.7 Å². The molecule has 0 amide bonds. The van der Waals surface area contributed by atoms with Crippen LogP contribution in [0.2, 0.25) is 0 Å². The van der Waals surface area contributed by atoms with Gasteiger partial charge < -0.3 is 4.74 Å². The van der Waals surface area contributed by atoms with Crippen molar-refractivity contribution in [3.63, 3.8) is 0 Å². The zero-order chi connectivity index (χ0) is 16.9. The van der Waals surface area contributed by atoms with Crippen LogP contribution in [0.1, 0.15) is 33.6 Å². The molecule has 2 heterocycles. The normalized spacial score (nSPS) is 10.8. The molecule has 0 aliphatic rings. The molecule has 0 aliphatic carbocycles. The smallest absolute Gasteiger partial charge is 0.338 e. The molecule has 3 rings (SSSR count). The van der Waals surface area contributed by atoms with Crippen LogP contribution in [0.25, 0.3) is 10.9 Å². The van der Waals surface area contributed by atoms with Gasteiger partial charge >= 0.3 is 5.97 Å². The standard InChI is InChI=1S/C20H20N2O2/c1-14-7-8-19-17(11-14)18(12-15(2)22-19)20(23)24-10-4-6-16-5-3-9-21-13-16/h3,5,7-9,11-13H,4,6,10H2,1-2H3. The SMILES string of the molecule is Cc1ccc2nc(C)cc(C(=O)OCCCc3cccnc3)c2c1. The summed E-state index contributed by atoms with van der Waals surface area (Å²) in [6, 6.07) is 11.7. The van der Waals surface area contributed by atoms with Gasteiger partial charge in [0.1, 0.15) is 0 Å². The van der Waals surface area contributed by atoms with Crippen molar-refractivity contribution in [2.75, 3.05) is 6.61 Å². The highest BCUT2D eigenvalue weighted by Crippen LogP contribution is 2.21. The molecule has 0 N–H and O–H groups in total. The highest BCUT2D eigenvalue weighted by Gasteiger charge is 2.13. The number of carbonyl (C=O) groups excluding carboxylic acids is 1. The van der Waals surface area contributed by atoms with Crippen LogP contribution in [0.15, 0.2) is 48.8 Å². The molecule has 0 fully saturated rings. The van der Waals surface area contributed by atoms with Crippen LogP contribution in [-0.2, 0) is 11.2 Å². The van der Waals surface area contributed by atoms with Crippen molar-refractivity contribution in [1.82, 2.24) is 9.97 Å². The highest BCUT2D eigenvalue weighted by atomic mass is 16.5. The molecule has 3 aromatic rings. The van der Waals surface area contributed by atoms with Crippen LogP contribution in [0, 0.1) is 13.8 Å². The Morgan fingerprint density at radius 1 is 1.17 bits per heavy atom. The summed E-state index contributed by atoms with van der Waals surface area (Å²) < 4.78 is 5.47. The second kappa shape index (κ2) is 7.21. The Morgan fingerprint density at radius 2 is 2.04 bits per heavy atom. The molecule has 0 unspecified atom stereocenters. The van der Waals surface area contributed by atoms with Gasteiger partial charge in [-0.2, -0.15) is 0 Å². The number of benzene rings is 1. The van der Waals surface area contributed by atoms with Crippen molar-refractivity contribution >= 4 is 16.9 Å². The number of aromatic nitrogens is 2. The molecule has 0 spiro atoms. The zero-order valence-electron chi connectivity index (χ0n) is 14.0. The molecule has 0 atom stereocenters. The largest absolute Gasteiger partial charge is 0.462 e. The van der Waals surface area contributed by atoms with Gasteiger partial charge in [-0.15, -0.1) is 0 Å².